The maximum atomic E-state index is 5.58. The fraction of sp³-hybridized carbons (Fsp3) is 0.286. The van der Waals surface area contributed by atoms with Crippen LogP contribution in [0.5, 0.6) is 5.88 Å². The van der Waals surface area contributed by atoms with E-state index >= 15 is 0 Å². The van der Waals surface area contributed by atoms with E-state index in [9.17, 15) is 0 Å². The number of benzene rings is 1. The van der Waals surface area contributed by atoms with E-state index in [1.54, 1.807) is 19.4 Å². The first-order valence-electron chi connectivity index (χ1n) is 6.15. The summed E-state index contributed by atoms with van der Waals surface area (Å²) in [6.07, 6.45) is 1.67. The van der Waals surface area contributed by atoms with Gasteiger partial charge in [0.1, 0.15) is 0 Å². The highest BCUT2D eigenvalue weighted by Gasteiger charge is 2.07. The predicted octanol–water partition coefficient (Wildman–Crippen LogP) is 2.12. The van der Waals surface area contributed by atoms with Crippen molar-refractivity contribution in [1.82, 2.24) is 9.97 Å². The van der Waals surface area contributed by atoms with Crippen molar-refractivity contribution in [2.45, 2.75) is 19.5 Å². The molecule has 0 aliphatic heterocycles. The van der Waals surface area contributed by atoms with Crippen LogP contribution in [0.3, 0.4) is 0 Å². The summed E-state index contributed by atoms with van der Waals surface area (Å²) < 4.78 is 5.07. The first-order chi connectivity index (χ1) is 9.22. The molecule has 0 spiro atoms. The van der Waals surface area contributed by atoms with Gasteiger partial charge in [-0.25, -0.2) is 4.98 Å². The third-order valence-electron chi connectivity index (χ3n) is 2.90. The van der Waals surface area contributed by atoms with Gasteiger partial charge in [-0.1, -0.05) is 24.3 Å². The van der Waals surface area contributed by atoms with E-state index in [-0.39, 0.29) is 6.04 Å². The molecule has 2 aromatic rings. The summed E-state index contributed by atoms with van der Waals surface area (Å²) in [7, 11) is 1.58. The summed E-state index contributed by atoms with van der Waals surface area (Å²) in [6, 6.07) is 9.99. The highest BCUT2D eigenvalue weighted by molar-refractivity contribution is 5.34. The molecule has 0 aliphatic rings. The van der Waals surface area contributed by atoms with Crippen LogP contribution in [0.2, 0.25) is 0 Å². The Morgan fingerprint density at radius 2 is 2.00 bits per heavy atom. The van der Waals surface area contributed by atoms with Gasteiger partial charge in [-0.3, -0.25) is 0 Å². The number of anilines is 1. The van der Waals surface area contributed by atoms with E-state index in [2.05, 4.69) is 34.3 Å². The van der Waals surface area contributed by atoms with Crippen LogP contribution in [0, 0.1) is 0 Å². The van der Waals surface area contributed by atoms with Gasteiger partial charge >= 0.3 is 0 Å². The first-order valence-corrected chi connectivity index (χ1v) is 6.15. The van der Waals surface area contributed by atoms with E-state index in [4.69, 9.17) is 10.5 Å². The Kier molecular flexibility index (Phi) is 4.30. The van der Waals surface area contributed by atoms with Crippen LogP contribution in [-0.2, 0) is 6.54 Å². The van der Waals surface area contributed by atoms with Crippen LogP contribution in [-0.4, -0.2) is 17.1 Å². The predicted molar refractivity (Wildman–Crippen MR) is 75.0 cm³/mol. The monoisotopic (exact) mass is 258 g/mol. The van der Waals surface area contributed by atoms with Gasteiger partial charge in [-0.2, -0.15) is 4.98 Å². The van der Waals surface area contributed by atoms with E-state index in [1.165, 1.54) is 0 Å². The molecule has 1 aromatic heterocycles. The second-order valence-corrected chi connectivity index (χ2v) is 4.23. The Morgan fingerprint density at radius 1 is 1.26 bits per heavy atom. The minimum absolute atomic E-state index is 0.110. The van der Waals surface area contributed by atoms with Gasteiger partial charge in [-0.15, -0.1) is 0 Å². The maximum Gasteiger partial charge on any atom is 0.226 e. The number of ether oxygens (including phenoxy) is 1. The van der Waals surface area contributed by atoms with Crippen molar-refractivity contribution in [3.63, 3.8) is 0 Å². The molecule has 0 saturated heterocycles. The summed E-state index contributed by atoms with van der Waals surface area (Å²) in [6.45, 7) is 2.61. The SMILES string of the molecule is COc1ccnc(NC(C)c2ccc(CN)cc2)n1. The van der Waals surface area contributed by atoms with Crippen molar-refractivity contribution >= 4 is 5.95 Å². The van der Waals surface area contributed by atoms with Crippen molar-refractivity contribution in [3.05, 3.63) is 47.7 Å². The smallest absolute Gasteiger partial charge is 0.226 e. The molecule has 5 heteroatoms. The van der Waals surface area contributed by atoms with Gasteiger partial charge in [0.15, 0.2) is 0 Å². The van der Waals surface area contributed by atoms with Gasteiger partial charge in [0.05, 0.1) is 13.2 Å². The molecule has 100 valence electrons. The molecule has 19 heavy (non-hydrogen) atoms. The first kappa shape index (κ1) is 13.3. The number of nitrogens with two attached hydrogens (primary N) is 1. The lowest BCUT2D eigenvalue weighted by Gasteiger charge is -2.14. The number of aromatic nitrogens is 2. The lowest BCUT2D eigenvalue weighted by molar-refractivity contribution is 0.397. The Balaban J connectivity index is 2.08. The van der Waals surface area contributed by atoms with E-state index in [1.807, 2.05) is 12.1 Å². The highest BCUT2D eigenvalue weighted by Crippen LogP contribution is 2.18. The fourth-order valence-electron chi connectivity index (χ4n) is 1.74. The molecule has 3 N–H and O–H groups in total. The number of nitrogens with one attached hydrogen (secondary N) is 1. The zero-order chi connectivity index (χ0) is 13.7. The summed E-state index contributed by atoms with van der Waals surface area (Å²) in [5, 5.41) is 3.24. The quantitative estimate of drug-likeness (QED) is 0.859. The average Bonchev–Trinajstić information content (AvgIpc) is 2.47. The number of hydrogen-bond acceptors (Lipinski definition) is 5. The summed E-state index contributed by atoms with van der Waals surface area (Å²) >= 11 is 0. The van der Waals surface area contributed by atoms with Gasteiger partial charge < -0.3 is 15.8 Å². The largest absolute Gasteiger partial charge is 0.481 e. The second-order valence-electron chi connectivity index (χ2n) is 4.23. The fourth-order valence-corrected chi connectivity index (χ4v) is 1.74. The zero-order valence-electron chi connectivity index (χ0n) is 11.1. The van der Waals surface area contributed by atoms with Crippen molar-refractivity contribution in [1.29, 1.82) is 0 Å². The van der Waals surface area contributed by atoms with Crippen LogP contribution in [0.4, 0.5) is 5.95 Å². The van der Waals surface area contributed by atoms with Crippen LogP contribution in [0.15, 0.2) is 36.5 Å². The number of rotatable bonds is 5. The average molecular weight is 258 g/mol. The lowest BCUT2D eigenvalue weighted by atomic mass is 10.1. The number of methoxy groups -OCH3 is 1. The molecule has 5 nitrogen and oxygen atoms in total. The molecule has 0 saturated carbocycles. The van der Waals surface area contributed by atoms with Crippen LogP contribution in [0.1, 0.15) is 24.1 Å². The van der Waals surface area contributed by atoms with Crippen LogP contribution >= 0.6 is 0 Å². The molecule has 1 heterocycles. The molecule has 1 unspecified atom stereocenters. The van der Waals surface area contributed by atoms with E-state index in [0.717, 1.165) is 11.1 Å². The molecular formula is C14H18N4O. The highest BCUT2D eigenvalue weighted by atomic mass is 16.5. The standard InChI is InChI=1S/C14H18N4O/c1-10(12-5-3-11(9-15)4-6-12)17-14-16-8-7-13(18-14)19-2/h3-8,10H,9,15H2,1-2H3,(H,16,17,18). The number of hydrogen-bond donors (Lipinski definition) is 2. The van der Waals surface area contributed by atoms with Crippen molar-refractivity contribution in [2.24, 2.45) is 5.73 Å². The molecular weight excluding hydrogens is 240 g/mol. The third-order valence-corrected chi connectivity index (χ3v) is 2.90. The van der Waals surface area contributed by atoms with Crippen molar-refractivity contribution < 1.29 is 4.74 Å². The Morgan fingerprint density at radius 3 is 2.63 bits per heavy atom. The molecule has 0 amide bonds. The van der Waals surface area contributed by atoms with Crippen LogP contribution < -0.4 is 15.8 Å². The molecule has 2 rings (SSSR count). The van der Waals surface area contributed by atoms with Gasteiger partial charge in [0.2, 0.25) is 11.8 Å². The van der Waals surface area contributed by atoms with E-state index in [0.29, 0.717) is 18.4 Å². The Bertz CT molecular complexity index is 527. The lowest BCUT2D eigenvalue weighted by Crippen LogP contribution is -2.10. The molecule has 0 fully saturated rings. The molecule has 1 aromatic carbocycles. The van der Waals surface area contributed by atoms with E-state index < -0.39 is 0 Å². The minimum Gasteiger partial charge on any atom is -0.481 e. The van der Waals surface area contributed by atoms with Gasteiger partial charge in [0.25, 0.3) is 0 Å². The second kappa shape index (κ2) is 6.15. The molecule has 0 radical (unpaired) electrons. The normalized spacial score (nSPS) is 11.9. The van der Waals surface area contributed by atoms with Crippen molar-refractivity contribution in [2.75, 3.05) is 12.4 Å². The number of nitrogens with zero attached hydrogens (tertiary/aromatic N) is 2. The van der Waals surface area contributed by atoms with Gasteiger partial charge in [0, 0.05) is 18.8 Å². The topological polar surface area (TPSA) is 73.1 Å². The molecule has 0 bridgehead atoms. The minimum atomic E-state index is 0.110. The summed E-state index contributed by atoms with van der Waals surface area (Å²) in [5.74, 6) is 1.10. The Labute approximate surface area is 112 Å². The summed E-state index contributed by atoms with van der Waals surface area (Å²) in [5.41, 5.74) is 7.86. The maximum absolute atomic E-state index is 5.58. The summed E-state index contributed by atoms with van der Waals surface area (Å²) in [4.78, 5) is 8.39. The third kappa shape index (κ3) is 3.42. The van der Waals surface area contributed by atoms with Crippen molar-refractivity contribution in [3.8, 4) is 5.88 Å². The van der Waals surface area contributed by atoms with Crippen LogP contribution in [0.25, 0.3) is 0 Å². The molecule has 0 aliphatic carbocycles. The molecule has 1 atom stereocenters. The zero-order valence-corrected chi connectivity index (χ0v) is 11.1. The van der Waals surface area contributed by atoms with Gasteiger partial charge in [-0.05, 0) is 18.1 Å². The Hall–Kier alpha value is -2.14.